The van der Waals surface area contributed by atoms with Crippen molar-refractivity contribution in [2.45, 2.75) is 39.7 Å². The van der Waals surface area contributed by atoms with E-state index in [-0.39, 0.29) is 6.61 Å². The fraction of sp³-hybridized carbons (Fsp3) is 0.233. The van der Waals surface area contributed by atoms with Crippen LogP contribution in [0.25, 0.3) is 16.8 Å². The zero-order valence-electron chi connectivity index (χ0n) is 21.9. The molecule has 1 aliphatic rings. The van der Waals surface area contributed by atoms with Gasteiger partial charge in [0.15, 0.2) is 17.2 Å². The molecular weight excluding hydrogens is 499 g/mol. The lowest BCUT2D eigenvalue weighted by atomic mass is 9.89. The summed E-state index contributed by atoms with van der Waals surface area (Å²) in [4.78, 5) is 19.2. The minimum atomic E-state index is -0.641. The molecule has 0 bridgehead atoms. The molecule has 198 valence electrons. The van der Waals surface area contributed by atoms with E-state index in [1.807, 2.05) is 31.3 Å². The zero-order chi connectivity index (χ0) is 27.1. The molecule has 8 nitrogen and oxygen atoms in total. The second-order valence-corrected chi connectivity index (χ2v) is 9.57. The van der Waals surface area contributed by atoms with Crippen molar-refractivity contribution in [1.82, 2.24) is 19.5 Å². The van der Waals surface area contributed by atoms with Gasteiger partial charge in [0.2, 0.25) is 0 Å². The molecule has 4 heterocycles. The highest BCUT2D eigenvalue weighted by Gasteiger charge is 2.24. The number of aryl methyl sites for hydroxylation is 1. The largest absolute Gasteiger partial charge is 0.493 e. The van der Waals surface area contributed by atoms with Crippen molar-refractivity contribution in [1.29, 1.82) is 0 Å². The van der Waals surface area contributed by atoms with E-state index >= 15 is 0 Å². The lowest BCUT2D eigenvalue weighted by Crippen LogP contribution is -2.03. The molecule has 0 saturated heterocycles. The first kappa shape index (κ1) is 24.7. The Balaban J connectivity index is 1.48. The third-order valence-electron chi connectivity index (χ3n) is 7.08. The van der Waals surface area contributed by atoms with Crippen molar-refractivity contribution in [2.24, 2.45) is 0 Å². The number of methoxy groups -OCH3 is 1. The first-order chi connectivity index (χ1) is 19.0. The quantitative estimate of drug-likeness (QED) is 0.311. The van der Waals surface area contributed by atoms with Crippen molar-refractivity contribution < 1.29 is 18.4 Å². The molecule has 0 unspecified atom stereocenters. The van der Waals surface area contributed by atoms with Crippen LogP contribution in [0.1, 0.15) is 59.7 Å². The molecule has 1 N–H and O–H groups in total. The van der Waals surface area contributed by atoms with Gasteiger partial charge in [-0.2, -0.15) is 0 Å². The number of nitrogens with one attached hydrogen (secondary N) is 1. The molecule has 0 fully saturated rings. The Morgan fingerprint density at radius 2 is 2.03 bits per heavy atom. The number of halogens is 1. The monoisotopic (exact) mass is 526 g/mol. The van der Waals surface area contributed by atoms with Gasteiger partial charge in [-0.1, -0.05) is 36.7 Å². The third kappa shape index (κ3) is 4.39. The summed E-state index contributed by atoms with van der Waals surface area (Å²) < 4.78 is 32.7. The summed E-state index contributed by atoms with van der Waals surface area (Å²) >= 11 is 0. The van der Waals surface area contributed by atoms with Crippen LogP contribution in [0.15, 0.2) is 64.0 Å². The van der Waals surface area contributed by atoms with E-state index in [0.29, 0.717) is 29.1 Å². The number of ether oxygens (including phenoxy) is 2. The number of benzene rings is 2. The van der Waals surface area contributed by atoms with E-state index in [0.717, 1.165) is 57.9 Å². The van der Waals surface area contributed by atoms with Gasteiger partial charge in [0.25, 0.3) is 0 Å². The fourth-order valence-electron chi connectivity index (χ4n) is 5.27. The predicted octanol–water partition coefficient (Wildman–Crippen LogP) is 5.57. The molecule has 0 amide bonds. The van der Waals surface area contributed by atoms with Gasteiger partial charge in [0.05, 0.1) is 18.5 Å². The molecule has 39 heavy (non-hydrogen) atoms. The van der Waals surface area contributed by atoms with Crippen LogP contribution in [0.3, 0.4) is 0 Å². The number of imidazole rings is 1. The normalized spacial score (nSPS) is 13.9. The van der Waals surface area contributed by atoms with Crippen LogP contribution in [0, 0.1) is 5.82 Å². The van der Waals surface area contributed by atoms with Gasteiger partial charge < -0.3 is 13.9 Å². The highest BCUT2D eigenvalue weighted by molar-refractivity contribution is 5.99. The van der Waals surface area contributed by atoms with Gasteiger partial charge in [-0.25, -0.2) is 14.2 Å². The van der Waals surface area contributed by atoms with Crippen LogP contribution < -0.4 is 15.2 Å². The Morgan fingerprint density at radius 3 is 2.79 bits per heavy atom. The van der Waals surface area contributed by atoms with Gasteiger partial charge in [-0.3, -0.25) is 9.51 Å². The third-order valence-corrected chi connectivity index (χ3v) is 7.08. The van der Waals surface area contributed by atoms with Crippen LogP contribution in [0.4, 0.5) is 4.39 Å². The fourth-order valence-corrected chi connectivity index (χ4v) is 5.27. The smallest absolute Gasteiger partial charge is 0.439 e. The lowest BCUT2D eigenvalue weighted by Gasteiger charge is -2.14. The zero-order valence-corrected chi connectivity index (χ0v) is 21.9. The van der Waals surface area contributed by atoms with Crippen LogP contribution in [0.5, 0.6) is 11.5 Å². The van der Waals surface area contributed by atoms with E-state index < -0.39 is 11.6 Å². The highest BCUT2D eigenvalue weighted by Crippen LogP contribution is 2.41. The van der Waals surface area contributed by atoms with Crippen molar-refractivity contribution >= 4 is 16.8 Å². The number of H-pyrrole nitrogens is 1. The molecular formula is C30H27FN4O4. The molecule has 2 aromatic carbocycles. The minimum Gasteiger partial charge on any atom is -0.493 e. The Labute approximate surface area is 223 Å². The molecule has 0 spiro atoms. The van der Waals surface area contributed by atoms with Gasteiger partial charge in [-0.05, 0) is 59.9 Å². The molecule has 1 aliphatic heterocycles. The average Bonchev–Trinajstić information content (AvgIpc) is 3.48. The molecule has 0 atom stereocenters. The van der Waals surface area contributed by atoms with Crippen molar-refractivity contribution in [2.75, 3.05) is 7.11 Å². The minimum absolute atomic E-state index is 0.258. The van der Waals surface area contributed by atoms with Gasteiger partial charge in [0, 0.05) is 29.8 Å². The van der Waals surface area contributed by atoms with E-state index in [9.17, 15) is 9.18 Å². The van der Waals surface area contributed by atoms with Gasteiger partial charge in [-0.15, -0.1) is 0 Å². The molecule has 0 radical (unpaired) electrons. The number of hydrogen-bond donors (Lipinski definition) is 1. The summed E-state index contributed by atoms with van der Waals surface area (Å²) in [6.07, 6.45) is 4.51. The summed E-state index contributed by atoms with van der Waals surface area (Å²) in [5.74, 6) is 0.437. The summed E-state index contributed by atoms with van der Waals surface area (Å²) in [7, 11) is 1.65. The number of rotatable bonds is 6. The van der Waals surface area contributed by atoms with Crippen LogP contribution >= 0.6 is 0 Å². The van der Waals surface area contributed by atoms with Crippen LogP contribution in [0.2, 0.25) is 0 Å². The molecule has 0 aliphatic carbocycles. The van der Waals surface area contributed by atoms with Crippen LogP contribution in [-0.2, 0) is 19.4 Å². The van der Waals surface area contributed by atoms with Gasteiger partial charge in [0.1, 0.15) is 18.2 Å². The molecule has 3 aromatic heterocycles. The maximum absolute atomic E-state index is 14.2. The standard InChI is InChI=1S/C30H27FN4O4/c1-4-6-23-24(35-12-5-7-25(37-3)29(35)32-23)14-18-8-10-21-19(13-18)16-38-26-15-20(31)9-11-22(26)27(21)17(2)28-33-30(36)39-34-28/h5,7-13,15H,4,6,14,16H2,1-3H3,(H,33,34,36)/b27-17-. The van der Waals surface area contributed by atoms with Gasteiger partial charge >= 0.3 is 5.76 Å². The van der Waals surface area contributed by atoms with Crippen molar-refractivity contribution in [3.05, 3.63) is 111 Å². The summed E-state index contributed by atoms with van der Waals surface area (Å²) in [5.41, 5.74) is 8.09. The number of nitrogens with zero attached hydrogens (tertiary/aromatic N) is 3. The maximum atomic E-state index is 14.2. The van der Waals surface area contributed by atoms with Crippen molar-refractivity contribution in [3.8, 4) is 11.5 Å². The topological polar surface area (TPSA) is 94.7 Å². The first-order valence-corrected chi connectivity index (χ1v) is 12.8. The number of pyridine rings is 1. The van der Waals surface area contributed by atoms with Crippen molar-refractivity contribution in [3.63, 3.8) is 0 Å². The molecule has 6 rings (SSSR count). The number of aromatic amines is 1. The summed E-state index contributed by atoms with van der Waals surface area (Å²) in [6, 6.07) is 14.6. The Morgan fingerprint density at radius 1 is 1.18 bits per heavy atom. The first-order valence-electron chi connectivity index (χ1n) is 12.8. The Kier molecular flexibility index (Phi) is 6.26. The summed E-state index contributed by atoms with van der Waals surface area (Å²) in [6.45, 7) is 4.25. The maximum Gasteiger partial charge on any atom is 0.439 e. The van der Waals surface area contributed by atoms with E-state index in [1.165, 1.54) is 12.1 Å². The Hall–Kier alpha value is -4.66. The SMILES string of the molecule is CCCc1nc2c(OC)cccn2c1Cc1ccc2c(c1)COc1cc(F)ccc1/C2=C(/C)c1noc(=O)[nH]1. The number of allylic oxidation sites excluding steroid dienone is 1. The number of hydrogen-bond acceptors (Lipinski definition) is 6. The van der Waals surface area contributed by atoms with E-state index in [1.54, 1.807) is 13.2 Å². The highest BCUT2D eigenvalue weighted by atomic mass is 19.1. The predicted molar refractivity (Wildman–Crippen MR) is 144 cm³/mol. The molecule has 9 heteroatoms. The Bertz CT molecular complexity index is 1800. The average molecular weight is 527 g/mol. The lowest BCUT2D eigenvalue weighted by molar-refractivity contribution is 0.305. The second-order valence-electron chi connectivity index (χ2n) is 9.57. The van der Waals surface area contributed by atoms with Crippen LogP contribution in [-0.4, -0.2) is 26.6 Å². The molecule has 5 aromatic rings. The second kappa shape index (κ2) is 9.90. The van der Waals surface area contributed by atoms with E-state index in [4.69, 9.17) is 19.0 Å². The molecule has 0 saturated carbocycles. The van der Waals surface area contributed by atoms with E-state index in [2.05, 4.69) is 33.6 Å². The number of fused-ring (bicyclic) bond motifs is 3. The number of aromatic nitrogens is 4. The summed E-state index contributed by atoms with van der Waals surface area (Å²) in [5, 5.41) is 3.89.